The van der Waals surface area contributed by atoms with E-state index in [0.717, 1.165) is 45.6 Å². The standard InChI is InChI=1S/C14H31N3O/c1-5-7-17(9-8-16(3)4)14(12-15)6-10-18-13(2)11-14/h13H,5-12,15H2,1-4H3. The molecule has 1 heterocycles. The van der Waals surface area contributed by atoms with E-state index >= 15 is 0 Å². The summed E-state index contributed by atoms with van der Waals surface area (Å²) < 4.78 is 5.70. The molecule has 0 aliphatic carbocycles. The fourth-order valence-electron chi connectivity index (χ4n) is 2.92. The molecule has 4 nitrogen and oxygen atoms in total. The second kappa shape index (κ2) is 7.43. The molecule has 0 spiro atoms. The molecule has 108 valence electrons. The van der Waals surface area contributed by atoms with Gasteiger partial charge in [0.25, 0.3) is 0 Å². The van der Waals surface area contributed by atoms with Gasteiger partial charge in [0.1, 0.15) is 0 Å². The molecule has 2 N–H and O–H groups in total. The van der Waals surface area contributed by atoms with Crippen LogP contribution < -0.4 is 5.73 Å². The number of ether oxygens (including phenoxy) is 1. The lowest BCUT2D eigenvalue weighted by Crippen LogP contribution is -2.59. The van der Waals surface area contributed by atoms with Gasteiger partial charge < -0.3 is 15.4 Å². The molecule has 0 saturated carbocycles. The summed E-state index contributed by atoms with van der Waals surface area (Å²) in [5.74, 6) is 0. The number of hydrogen-bond donors (Lipinski definition) is 1. The van der Waals surface area contributed by atoms with Crippen LogP contribution >= 0.6 is 0 Å². The van der Waals surface area contributed by atoms with E-state index in [9.17, 15) is 0 Å². The van der Waals surface area contributed by atoms with Crippen LogP contribution in [0.15, 0.2) is 0 Å². The third-order valence-electron chi connectivity index (χ3n) is 4.00. The van der Waals surface area contributed by atoms with Crippen molar-refractivity contribution in [2.24, 2.45) is 5.73 Å². The predicted molar refractivity (Wildman–Crippen MR) is 76.9 cm³/mol. The van der Waals surface area contributed by atoms with E-state index in [2.05, 4.69) is 37.7 Å². The average molecular weight is 257 g/mol. The van der Waals surface area contributed by atoms with Crippen molar-refractivity contribution in [2.75, 3.05) is 46.9 Å². The monoisotopic (exact) mass is 257 g/mol. The van der Waals surface area contributed by atoms with Crippen LogP contribution in [-0.4, -0.2) is 68.3 Å². The van der Waals surface area contributed by atoms with E-state index in [1.54, 1.807) is 0 Å². The van der Waals surface area contributed by atoms with Gasteiger partial charge in [0.2, 0.25) is 0 Å². The number of hydrogen-bond acceptors (Lipinski definition) is 4. The van der Waals surface area contributed by atoms with Crippen LogP contribution in [0.2, 0.25) is 0 Å². The second-order valence-corrected chi connectivity index (χ2v) is 5.85. The fourth-order valence-corrected chi connectivity index (χ4v) is 2.92. The summed E-state index contributed by atoms with van der Waals surface area (Å²) in [5, 5.41) is 0. The van der Waals surface area contributed by atoms with Gasteiger partial charge >= 0.3 is 0 Å². The molecule has 0 bridgehead atoms. The minimum Gasteiger partial charge on any atom is -0.378 e. The molecule has 0 aromatic rings. The van der Waals surface area contributed by atoms with Crippen LogP contribution in [0.4, 0.5) is 0 Å². The molecule has 1 fully saturated rings. The fraction of sp³-hybridized carbons (Fsp3) is 1.00. The van der Waals surface area contributed by atoms with Crippen molar-refractivity contribution in [3.63, 3.8) is 0 Å². The van der Waals surface area contributed by atoms with Gasteiger partial charge in [0.05, 0.1) is 6.10 Å². The lowest BCUT2D eigenvalue weighted by atomic mass is 9.85. The zero-order valence-corrected chi connectivity index (χ0v) is 12.6. The summed E-state index contributed by atoms with van der Waals surface area (Å²) in [4.78, 5) is 4.85. The maximum absolute atomic E-state index is 6.13. The largest absolute Gasteiger partial charge is 0.378 e. The van der Waals surface area contributed by atoms with Gasteiger partial charge in [-0.25, -0.2) is 0 Å². The van der Waals surface area contributed by atoms with Crippen molar-refractivity contribution < 1.29 is 4.74 Å². The average Bonchev–Trinajstić information content (AvgIpc) is 2.34. The topological polar surface area (TPSA) is 41.7 Å². The van der Waals surface area contributed by atoms with E-state index in [1.165, 1.54) is 6.42 Å². The number of rotatable bonds is 7. The van der Waals surface area contributed by atoms with Crippen LogP contribution in [0, 0.1) is 0 Å². The molecule has 0 amide bonds. The molecule has 1 saturated heterocycles. The first kappa shape index (κ1) is 15.9. The number of nitrogens with zero attached hydrogens (tertiary/aromatic N) is 2. The Morgan fingerprint density at radius 3 is 2.50 bits per heavy atom. The molecule has 18 heavy (non-hydrogen) atoms. The van der Waals surface area contributed by atoms with Gasteiger partial charge in [-0.15, -0.1) is 0 Å². The third-order valence-corrected chi connectivity index (χ3v) is 4.00. The summed E-state index contributed by atoms with van der Waals surface area (Å²) in [6.07, 6.45) is 3.66. The first-order chi connectivity index (χ1) is 8.54. The molecule has 0 aromatic carbocycles. The Bertz CT molecular complexity index is 235. The highest BCUT2D eigenvalue weighted by Gasteiger charge is 2.39. The number of likely N-dealkylation sites (N-methyl/N-ethyl adjacent to an activating group) is 1. The smallest absolute Gasteiger partial charge is 0.0565 e. The molecule has 4 heteroatoms. The SMILES string of the molecule is CCCN(CCN(C)C)C1(CN)CCOC(C)C1. The van der Waals surface area contributed by atoms with Crippen molar-refractivity contribution in [3.05, 3.63) is 0 Å². The van der Waals surface area contributed by atoms with Crippen LogP contribution in [0.25, 0.3) is 0 Å². The van der Waals surface area contributed by atoms with Gasteiger partial charge in [0, 0.05) is 31.8 Å². The summed E-state index contributed by atoms with van der Waals surface area (Å²) >= 11 is 0. The van der Waals surface area contributed by atoms with Gasteiger partial charge in [-0.05, 0) is 46.8 Å². The summed E-state index contributed by atoms with van der Waals surface area (Å²) in [6, 6.07) is 0. The van der Waals surface area contributed by atoms with E-state index in [4.69, 9.17) is 10.5 Å². The summed E-state index contributed by atoms with van der Waals surface area (Å²) in [5.41, 5.74) is 6.28. The van der Waals surface area contributed by atoms with Crippen LogP contribution in [0.3, 0.4) is 0 Å². The van der Waals surface area contributed by atoms with Crippen molar-refractivity contribution in [1.29, 1.82) is 0 Å². The number of nitrogens with two attached hydrogens (primary N) is 1. The molecule has 1 aliphatic heterocycles. The van der Waals surface area contributed by atoms with Crippen LogP contribution in [0.1, 0.15) is 33.1 Å². The normalized spacial score (nSPS) is 29.2. The Morgan fingerprint density at radius 2 is 2.00 bits per heavy atom. The lowest BCUT2D eigenvalue weighted by molar-refractivity contribution is -0.0648. The predicted octanol–water partition coefficient (Wildman–Crippen LogP) is 1.16. The molecular formula is C14H31N3O. The van der Waals surface area contributed by atoms with Gasteiger partial charge in [-0.3, -0.25) is 4.90 Å². The van der Waals surface area contributed by atoms with Crippen molar-refractivity contribution in [2.45, 2.75) is 44.8 Å². The Morgan fingerprint density at radius 1 is 1.28 bits per heavy atom. The van der Waals surface area contributed by atoms with E-state index < -0.39 is 0 Å². The minimum atomic E-state index is 0.156. The maximum atomic E-state index is 6.13. The molecular weight excluding hydrogens is 226 g/mol. The maximum Gasteiger partial charge on any atom is 0.0565 e. The Kier molecular flexibility index (Phi) is 6.57. The highest BCUT2D eigenvalue weighted by Crippen LogP contribution is 2.30. The molecule has 2 unspecified atom stereocenters. The Balaban J connectivity index is 2.71. The van der Waals surface area contributed by atoms with Crippen molar-refractivity contribution in [3.8, 4) is 0 Å². The first-order valence-corrected chi connectivity index (χ1v) is 7.25. The molecule has 2 atom stereocenters. The van der Waals surface area contributed by atoms with Crippen molar-refractivity contribution >= 4 is 0 Å². The molecule has 0 aromatic heterocycles. The van der Waals surface area contributed by atoms with Gasteiger partial charge in [-0.2, -0.15) is 0 Å². The summed E-state index contributed by atoms with van der Waals surface area (Å²) in [7, 11) is 4.26. The highest BCUT2D eigenvalue weighted by atomic mass is 16.5. The zero-order chi connectivity index (χ0) is 13.6. The third kappa shape index (κ3) is 4.19. The first-order valence-electron chi connectivity index (χ1n) is 7.25. The van der Waals surface area contributed by atoms with E-state index in [0.29, 0.717) is 6.10 Å². The molecule has 1 aliphatic rings. The molecule has 1 rings (SSSR count). The second-order valence-electron chi connectivity index (χ2n) is 5.85. The van der Waals surface area contributed by atoms with E-state index in [-0.39, 0.29) is 5.54 Å². The highest BCUT2D eigenvalue weighted by molar-refractivity contribution is 4.95. The zero-order valence-electron chi connectivity index (χ0n) is 12.6. The van der Waals surface area contributed by atoms with Gasteiger partial charge in [-0.1, -0.05) is 6.92 Å². The van der Waals surface area contributed by atoms with E-state index in [1.807, 2.05) is 0 Å². The Labute approximate surface area is 112 Å². The molecule has 0 radical (unpaired) electrons. The van der Waals surface area contributed by atoms with Crippen LogP contribution in [-0.2, 0) is 4.74 Å². The van der Waals surface area contributed by atoms with Gasteiger partial charge in [0.15, 0.2) is 0 Å². The summed E-state index contributed by atoms with van der Waals surface area (Å²) in [6.45, 7) is 9.34. The van der Waals surface area contributed by atoms with Crippen molar-refractivity contribution in [1.82, 2.24) is 9.80 Å². The quantitative estimate of drug-likeness (QED) is 0.743. The Hall–Kier alpha value is -0.160. The van der Waals surface area contributed by atoms with Crippen LogP contribution in [0.5, 0.6) is 0 Å². The minimum absolute atomic E-state index is 0.156. The lowest BCUT2D eigenvalue weighted by Gasteiger charge is -2.48.